The Balaban J connectivity index is 2.27. The van der Waals surface area contributed by atoms with Crippen molar-refractivity contribution in [1.29, 1.82) is 0 Å². The fraction of sp³-hybridized carbons (Fsp3) is 0.333. The number of benzene rings is 2. The second kappa shape index (κ2) is 7.79. The fourth-order valence-electron chi connectivity index (χ4n) is 2.41. The molecule has 0 spiro atoms. The zero-order chi connectivity index (χ0) is 15.1. The summed E-state index contributed by atoms with van der Waals surface area (Å²) in [6, 6.07) is 15.4. The summed E-state index contributed by atoms with van der Waals surface area (Å²) in [5.41, 5.74) is 1.85. The van der Waals surface area contributed by atoms with Gasteiger partial charge < -0.3 is 10.1 Å². The van der Waals surface area contributed by atoms with Crippen LogP contribution in [0, 0.1) is 5.82 Å². The Morgan fingerprint density at radius 1 is 1.10 bits per heavy atom. The van der Waals surface area contributed by atoms with Crippen LogP contribution in [0.3, 0.4) is 0 Å². The Morgan fingerprint density at radius 2 is 1.86 bits per heavy atom. The molecule has 0 aliphatic rings. The number of nitrogens with one attached hydrogen (secondary N) is 1. The molecule has 0 saturated carbocycles. The SMILES string of the molecule is CCCNC(Cc1ccccc1)c1cccc(OC)c1F. The Kier molecular flexibility index (Phi) is 5.76. The minimum atomic E-state index is -0.274. The largest absolute Gasteiger partial charge is 0.494 e. The highest BCUT2D eigenvalue weighted by molar-refractivity contribution is 5.34. The first kappa shape index (κ1) is 15.5. The Labute approximate surface area is 126 Å². The Hall–Kier alpha value is -1.87. The van der Waals surface area contributed by atoms with Gasteiger partial charge in [-0.15, -0.1) is 0 Å². The number of methoxy groups -OCH3 is 1. The van der Waals surface area contributed by atoms with E-state index in [9.17, 15) is 4.39 Å². The third-order valence-electron chi connectivity index (χ3n) is 3.51. The van der Waals surface area contributed by atoms with Gasteiger partial charge in [0.1, 0.15) is 0 Å². The van der Waals surface area contributed by atoms with Gasteiger partial charge in [-0.25, -0.2) is 4.39 Å². The van der Waals surface area contributed by atoms with Crippen LogP contribution in [-0.2, 0) is 6.42 Å². The van der Waals surface area contributed by atoms with E-state index >= 15 is 0 Å². The summed E-state index contributed by atoms with van der Waals surface area (Å²) < 4.78 is 19.6. The molecule has 0 heterocycles. The van der Waals surface area contributed by atoms with Gasteiger partial charge in [0.25, 0.3) is 0 Å². The fourth-order valence-corrected chi connectivity index (χ4v) is 2.41. The topological polar surface area (TPSA) is 21.3 Å². The predicted octanol–water partition coefficient (Wildman–Crippen LogP) is 4.12. The molecule has 0 bridgehead atoms. The summed E-state index contributed by atoms with van der Waals surface area (Å²) in [6.45, 7) is 2.96. The van der Waals surface area contributed by atoms with Gasteiger partial charge >= 0.3 is 0 Å². The van der Waals surface area contributed by atoms with Crippen molar-refractivity contribution in [2.75, 3.05) is 13.7 Å². The van der Waals surface area contributed by atoms with Crippen molar-refractivity contribution in [3.63, 3.8) is 0 Å². The first-order valence-electron chi connectivity index (χ1n) is 7.36. The Morgan fingerprint density at radius 3 is 2.52 bits per heavy atom. The first-order chi connectivity index (χ1) is 10.3. The van der Waals surface area contributed by atoms with Crippen molar-refractivity contribution < 1.29 is 9.13 Å². The van der Waals surface area contributed by atoms with E-state index in [4.69, 9.17) is 4.74 Å². The molecule has 0 fully saturated rings. The van der Waals surface area contributed by atoms with E-state index < -0.39 is 0 Å². The van der Waals surface area contributed by atoms with Crippen molar-refractivity contribution in [3.8, 4) is 5.75 Å². The van der Waals surface area contributed by atoms with Gasteiger partial charge in [0.15, 0.2) is 11.6 Å². The molecule has 0 aromatic heterocycles. The van der Waals surface area contributed by atoms with Crippen LogP contribution in [0.4, 0.5) is 4.39 Å². The van der Waals surface area contributed by atoms with E-state index in [2.05, 4.69) is 24.4 Å². The zero-order valence-electron chi connectivity index (χ0n) is 12.6. The number of hydrogen-bond acceptors (Lipinski definition) is 2. The van der Waals surface area contributed by atoms with Crippen LogP contribution in [0.25, 0.3) is 0 Å². The summed E-state index contributed by atoms with van der Waals surface area (Å²) in [4.78, 5) is 0. The van der Waals surface area contributed by atoms with E-state index in [1.807, 2.05) is 30.3 Å². The maximum absolute atomic E-state index is 14.5. The molecule has 0 radical (unpaired) electrons. The molecule has 1 atom stereocenters. The lowest BCUT2D eigenvalue weighted by molar-refractivity contribution is 0.379. The molecule has 2 aromatic carbocycles. The number of rotatable bonds is 7. The summed E-state index contributed by atoms with van der Waals surface area (Å²) in [5.74, 6) is 0.0217. The van der Waals surface area contributed by atoms with Gasteiger partial charge in [0.05, 0.1) is 7.11 Å². The molecule has 0 aliphatic heterocycles. The zero-order valence-corrected chi connectivity index (χ0v) is 12.6. The molecule has 3 heteroatoms. The van der Waals surface area contributed by atoms with Crippen LogP contribution in [0.1, 0.15) is 30.5 Å². The lowest BCUT2D eigenvalue weighted by Gasteiger charge is -2.20. The summed E-state index contributed by atoms with van der Waals surface area (Å²) >= 11 is 0. The van der Waals surface area contributed by atoms with Gasteiger partial charge in [0, 0.05) is 11.6 Å². The summed E-state index contributed by atoms with van der Waals surface area (Å²) in [6.07, 6.45) is 1.77. The lowest BCUT2D eigenvalue weighted by Crippen LogP contribution is -2.25. The van der Waals surface area contributed by atoms with Gasteiger partial charge in [-0.3, -0.25) is 0 Å². The monoisotopic (exact) mass is 287 g/mol. The second-order valence-electron chi connectivity index (χ2n) is 5.06. The number of hydrogen-bond donors (Lipinski definition) is 1. The summed E-state index contributed by atoms with van der Waals surface area (Å²) in [5, 5.41) is 3.43. The van der Waals surface area contributed by atoms with Gasteiger partial charge in [-0.05, 0) is 31.0 Å². The van der Waals surface area contributed by atoms with Crippen LogP contribution in [-0.4, -0.2) is 13.7 Å². The van der Waals surface area contributed by atoms with E-state index in [-0.39, 0.29) is 11.9 Å². The molecule has 21 heavy (non-hydrogen) atoms. The van der Waals surface area contributed by atoms with Crippen molar-refractivity contribution in [1.82, 2.24) is 5.32 Å². The second-order valence-corrected chi connectivity index (χ2v) is 5.06. The highest BCUT2D eigenvalue weighted by Crippen LogP contribution is 2.27. The minimum Gasteiger partial charge on any atom is -0.494 e. The molecule has 112 valence electrons. The van der Waals surface area contributed by atoms with Gasteiger partial charge in [-0.2, -0.15) is 0 Å². The molecular weight excluding hydrogens is 265 g/mol. The standard InChI is InChI=1S/C18H22FNO/c1-3-12-20-16(13-14-8-5-4-6-9-14)15-10-7-11-17(21-2)18(15)19/h4-11,16,20H,3,12-13H2,1-2H3. The lowest BCUT2D eigenvalue weighted by atomic mass is 9.98. The molecular formula is C18H22FNO. The van der Waals surface area contributed by atoms with Gasteiger partial charge in [0.2, 0.25) is 0 Å². The molecule has 0 aliphatic carbocycles. The molecule has 1 unspecified atom stereocenters. The van der Waals surface area contributed by atoms with Crippen LogP contribution in [0.15, 0.2) is 48.5 Å². The quantitative estimate of drug-likeness (QED) is 0.827. The molecule has 0 saturated heterocycles. The third kappa shape index (κ3) is 4.05. The van der Waals surface area contributed by atoms with E-state index in [0.29, 0.717) is 11.3 Å². The first-order valence-corrected chi connectivity index (χ1v) is 7.36. The maximum atomic E-state index is 14.5. The minimum absolute atomic E-state index is 0.0533. The average molecular weight is 287 g/mol. The van der Waals surface area contributed by atoms with Crippen LogP contribution in [0.5, 0.6) is 5.75 Å². The highest BCUT2D eigenvalue weighted by atomic mass is 19.1. The molecule has 1 N–H and O–H groups in total. The van der Waals surface area contributed by atoms with Crippen LogP contribution in [0.2, 0.25) is 0 Å². The van der Waals surface area contributed by atoms with Crippen molar-refractivity contribution in [3.05, 3.63) is 65.5 Å². The van der Waals surface area contributed by atoms with E-state index in [0.717, 1.165) is 19.4 Å². The number of halogens is 1. The maximum Gasteiger partial charge on any atom is 0.169 e. The number of ether oxygens (including phenoxy) is 1. The van der Waals surface area contributed by atoms with Crippen LogP contribution >= 0.6 is 0 Å². The normalized spacial score (nSPS) is 12.1. The average Bonchev–Trinajstić information content (AvgIpc) is 2.53. The highest BCUT2D eigenvalue weighted by Gasteiger charge is 2.18. The smallest absolute Gasteiger partial charge is 0.169 e. The Bertz CT molecular complexity index is 556. The van der Waals surface area contributed by atoms with E-state index in [1.54, 1.807) is 6.07 Å². The molecule has 0 amide bonds. The predicted molar refractivity (Wildman–Crippen MR) is 84.1 cm³/mol. The van der Waals surface area contributed by atoms with Crippen molar-refractivity contribution >= 4 is 0 Å². The molecule has 2 rings (SSSR count). The third-order valence-corrected chi connectivity index (χ3v) is 3.51. The van der Waals surface area contributed by atoms with Crippen molar-refractivity contribution in [2.45, 2.75) is 25.8 Å². The molecule has 2 nitrogen and oxygen atoms in total. The van der Waals surface area contributed by atoms with Gasteiger partial charge in [-0.1, -0.05) is 49.4 Å². The summed E-state index contributed by atoms with van der Waals surface area (Å²) in [7, 11) is 1.49. The van der Waals surface area contributed by atoms with Crippen LogP contribution < -0.4 is 10.1 Å². The molecule has 2 aromatic rings. The van der Waals surface area contributed by atoms with Crippen molar-refractivity contribution in [2.24, 2.45) is 0 Å². The van der Waals surface area contributed by atoms with E-state index in [1.165, 1.54) is 12.7 Å².